The molecule has 0 heterocycles. The third-order valence-electron chi connectivity index (χ3n) is 0.722. The number of hydrogen-bond donors (Lipinski definition) is 2. The molecular weight excluding hydrogens is 155 g/mol. The molecule has 0 spiro atoms. The Labute approximate surface area is 52.0 Å². The van der Waals surface area contributed by atoms with Crippen LogP contribution in [0.4, 0.5) is 0 Å². The number of rotatable bonds is 2. The average molecular weight is 166 g/mol. The molecule has 0 bridgehead atoms. The first-order valence-electron chi connectivity index (χ1n) is 2.13. The van der Waals surface area contributed by atoms with Gasteiger partial charge in [-0.1, -0.05) is 0 Å². The summed E-state index contributed by atoms with van der Waals surface area (Å²) in [7, 11) is 0. The Hall–Kier alpha value is 0.478. The van der Waals surface area contributed by atoms with Crippen LogP contribution in [0, 0.1) is 0 Å². The summed E-state index contributed by atoms with van der Waals surface area (Å²) in [5.41, 5.74) is 0. The zero-order chi connectivity index (χ0) is 5.91. The second-order valence-corrected chi connectivity index (χ2v) is 4.89. The second kappa shape index (κ2) is 2.70. The fraction of sp³-hybridized carbons (Fsp3) is 1.00. The van der Waals surface area contributed by atoms with Gasteiger partial charge in [0.1, 0.15) is 0 Å². The van der Waals surface area contributed by atoms with Crippen molar-refractivity contribution >= 4 is 16.9 Å². The van der Waals surface area contributed by atoms with Crippen molar-refractivity contribution in [1.29, 1.82) is 0 Å². The van der Waals surface area contributed by atoms with Gasteiger partial charge in [-0.2, -0.15) is 0 Å². The van der Waals surface area contributed by atoms with E-state index in [9.17, 15) is 0 Å². The third-order valence-corrected chi connectivity index (χ3v) is 1.49. The second-order valence-electron chi connectivity index (χ2n) is 1.97. The van der Waals surface area contributed by atoms with Crippen LogP contribution in [0.1, 0.15) is 6.92 Å². The predicted octanol–water partition coefficient (Wildman–Crippen LogP) is -1.22. The van der Waals surface area contributed by atoms with E-state index in [1.165, 1.54) is 16.9 Å². The van der Waals surface area contributed by atoms with Gasteiger partial charge in [0.2, 0.25) is 0 Å². The van der Waals surface area contributed by atoms with Crippen molar-refractivity contribution < 1.29 is 10.2 Å². The molecule has 0 radical (unpaired) electrons. The fourth-order valence-corrected chi connectivity index (χ4v) is 0.0500. The molecule has 0 saturated heterocycles. The van der Waals surface area contributed by atoms with E-state index in [-0.39, 0.29) is 17.4 Å². The number of aliphatic hydroxyl groups excluding tert-OH is 2. The van der Waals surface area contributed by atoms with Crippen LogP contribution in [-0.2, 0) is 0 Å². The molecule has 7 heavy (non-hydrogen) atoms. The van der Waals surface area contributed by atoms with Crippen molar-refractivity contribution in [2.75, 3.05) is 13.2 Å². The normalized spacial score (nSPS) is 12.0. The van der Waals surface area contributed by atoms with Gasteiger partial charge in [0.15, 0.2) is 0 Å². The van der Waals surface area contributed by atoms with E-state index in [1.807, 2.05) is 6.92 Å². The van der Waals surface area contributed by atoms with Crippen LogP contribution in [0.25, 0.3) is 0 Å². The molecule has 44 valence electrons. The summed E-state index contributed by atoms with van der Waals surface area (Å²) in [6, 6.07) is 0. The average Bonchev–Trinajstić information content (AvgIpc) is 1.68. The maximum absolute atomic E-state index is 8.45. The number of aliphatic hydroxyl groups is 2. The van der Waals surface area contributed by atoms with Gasteiger partial charge in [0, 0.05) is 0 Å². The minimum atomic E-state index is -0.243. The molecule has 2 nitrogen and oxygen atoms in total. The van der Waals surface area contributed by atoms with Crippen molar-refractivity contribution in [2.24, 2.45) is 0 Å². The summed E-state index contributed by atoms with van der Waals surface area (Å²) in [5.74, 6) is 0. The zero-order valence-electron chi connectivity index (χ0n) is 4.39. The van der Waals surface area contributed by atoms with Crippen LogP contribution in [-0.4, -0.2) is 40.3 Å². The fourth-order valence-electron chi connectivity index (χ4n) is 0.0500. The van der Waals surface area contributed by atoms with Crippen LogP contribution >= 0.6 is 0 Å². The molecule has 1 unspecified atom stereocenters. The van der Waals surface area contributed by atoms with Crippen molar-refractivity contribution in [1.82, 2.24) is 0 Å². The van der Waals surface area contributed by atoms with Gasteiger partial charge < -0.3 is 0 Å². The molecule has 0 saturated carbocycles. The molecule has 0 aliphatic rings. The maximum atomic E-state index is 8.45. The summed E-state index contributed by atoms with van der Waals surface area (Å²) in [6.45, 7) is 1.97. The van der Waals surface area contributed by atoms with Crippen molar-refractivity contribution in [3.8, 4) is 0 Å². The van der Waals surface area contributed by atoms with Gasteiger partial charge in [-0.25, -0.2) is 0 Å². The van der Waals surface area contributed by atoms with E-state index in [0.29, 0.717) is 0 Å². The van der Waals surface area contributed by atoms with E-state index >= 15 is 0 Å². The molecule has 0 aliphatic carbocycles. The monoisotopic (exact) mass is 166 g/mol. The molecule has 2 N–H and O–H groups in total. The van der Waals surface area contributed by atoms with E-state index in [4.69, 9.17) is 10.2 Å². The van der Waals surface area contributed by atoms with Gasteiger partial charge in [-0.15, -0.1) is 0 Å². The first kappa shape index (κ1) is 7.48. The van der Waals surface area contributed by atoms with Gasteiger partial charge >= 0.3 is 51.4 Å². The summed E-state index contributed by atoms with van der Waals surface area (Å²) >= 11 is 1.37. The van der Waals surface area contributed by atoms with Crippen LogP contribution in [0.15, 0.2) is 0 Å². The van der Waals surface area contributed by atoms with Crippen molar-refractivity contribution in [3.05, 3.63) is 0 Å². The summed E-state index contributed by atoms with van der Waals surface area (Å²) < 4.78 is -0.243. The van der Waals surface area contributed by atoms with E-state index in [2.05, 4.69) is 0 Å². The van der Waals surface area contributed by atoms with E-state index in [1.54, 1.807) is 0 Å². The SMILES string of the molecule is CC([AsH2])(CO)CO. The summed E-state index contributed by atoms with van der Waals surface area (Å²) in [4.78, 5) is 0. The minimum absolute atomic E-state index is 0.0729. The van der Waals surface area contributed by atoms with E-state index < -0.39 is 0 Å². The molecular formula is C4H11AsO2. The van der Waals surface area contributed by atoms with Crippen LogP contribution in [0.3, 0.4) is 0 Å². The van der Waals surface area contributed by atoms with Crippen LogP contribution < -0.4 is 0 Å². The first-order chi connectivity index (χ1) is 3.12. The zero-order valence-corrected chi connectivity index (χ0v) is 6.81. The molecule has 1 atom stereocenters. The summed E-state index contributed by atoms with van der Waals surface area (Å²) in [6.07, 6.45) is 0. The molecule has 0 rings (SSSR count). The third kappa shape index (κ3) is 3.10. The van der Waals surface area contributed by atoms with Crippen LogP contribution in [0.2, 0.25) is 4.20 Å². The van der Waals surface area contributed by atoms with E-state index in [0.717, 1.165) is 0 Å². The van der Waals surface area contributed by atoms with Crippen molar-refractivity contribution in [3.63, 3.8) is 0 Å². The molecule has 0 amide bonds. The Morgan fingerprint density at radius 3 is 1.71 bits per heavy atom. The quantitative estimate of drug-likeness (QED) is 0.505. The predicted molar refractivity (Wildman–Crippen MR) is 31.1 cm³/mol. The Kier molecular flexibility index (Phi) is 2.89. The Balaban J connectivity index is 3.36. The van der Waals surface area contributed by atoms with Gasteiger partial charge in [-0.3, -0.25) is 0 Å². The molecule has 0 aromatic heterocycles. The Morgan fingerprint density at radius 1 is 1.43 bits per heavy atom. The van der Waals surface area contributed by atoms with Crippen molar-refractivity contribution in [2.45, 2.75) is 11.1 Å². The molecule has 0 fully saturated rings. The summed E-state index contributed by atoms with van der Waals surface area (Å²) in [5, 5.41) is 16.9. The standard InChI is InChI=1S/C4H11AsO2/c1-4(5,2-6)3-7/h6-7H,2-3,5H2,1H3. The van der Waals surface area contributed by atoms with Crippen LogP contribution in [0.5, 0.6) is 0 Å². The molecule has 3 heteroatoms. The van der Waals surface area contributed by atoms with Gasteiger partial charge in [0.25, 0.3) is 0 Å². The van der Waals surface area contributed by atoms with Gasteiger partial charge in [0.05, 0.1) is 0 Å². The topological polar surface area (TPSA) is 40.5 Å². The number of hydrogen-bond acceptors (Lipinski definition) is 2. The Bertz CT molecular complexity index is 47.7. The molecule has 0 aromatic rings. The molecule has 0 aliphatic heterocycles. The first-order valence-corrected chi connectivity index (χ1v) is 3.34. The van der Waals surface area contributed by atoms with Gasteiger partial charge in [-0.05, 0) is 0 Å². The molecule has 0 aromatic carbocycles. The Morgan fingerprint density at radius 2 is 1.71 bits per heavy atom.